The van der Waals surface area contributed by atoms with Crippen molar-refractivity contribution in [1.29, 1.82) is 0 Å². The van der Waals surface area contributed by atoms with Gasteiger partial charge < -0.3 is 20.5 Å². The Hall–Kier alpha value is -2.67. The second kappa shape index (κ2) is 5.54. The number of carboxylic acids is 1. The Labute approximate surface area is 112 Å². The number of aromatic amines is 1. The van der Waals surface area contributed by atoms with Crippen LogP contribution in [0.4, 0.5) is 0 Å². The average Bonchev–Trinajstić information content (AvgIpc) is 2.44. The number of benzene rings is 1. The van der Waals surface area contributed by atoms with E-state index in [2.05, 4.69) is 10.3 Å². The van der Waals surface area contributed by atoms with Crippen LogP contribution in [0.5, 0.6) is 0 Å². The Morgan fingerprint density at radius 2 is 2.00 bits per heavy atom. The van der Waals surface area contributed by atoms with Gasteiger partial charge in [0.2, 0.25) is 0 Å². The summed E-state index contributed by atoms with van der Waals surface area (Å²) in [7, 11) is 0. The molecule has 1 aromatic heterocycles. The SMILES string of the molecule is O=C(N[C@H](CO)C(=O)O)c1cc2ccccc2c(=O)[nH]1. The Morgan fingerprint density at radius 1 is 1.30 bits per heavy atom. The van der Waals surface area contributed by atoms with Crippen molar-refractivity contribution in [2.45, 2.75) is 6.04 Å². The van der Waals surface area contributed by atoms with Crippen molar-refractivity contribution in [3.63, 3.8) is 0 Å². The van der Waals surface area contributed by atoms with E-state index in [-0.39, 0.29) is 5.69 Å². The number of aromatic nitrogens is 1. The van der Waals surface area contributed by atoms with Gasteiger partial charge in [0.05, 0.1) is 6.61 Å². The fourth-order valence-corrected chi connectivity index (χ4v) is 1.75. The van der Waals surface area contributed by atoms with Gasteiger partial charge in [-0.25, -0.2) is 4.79 Å². The highest BCUT2D eigenvalue weighted by atomic mass is 16.4. The smallest absolute Gasteiger partial charge is 0.328 e. The maximum atomic E-state index is 11.9. The summed E-state index contributed by atoms with van der Waals surface area (Å²) in [5, 5.41) is 20.7. The van der Waals surface area contributed by atoms with Crippen LogP contribution in [-0.4, -0.2) is 39.7 Å². The number of aliphatic hydroxyl groups is 1. The lowest BCUT2D eigenvalue weighted by Crippen LogP contribution is -2.43. The van der Waals surface area contributed by atoms with Gasteiger partial charge in [-0.3, -0.25) is 9.59 Å². The van der Waals surface area contributed by atoms with E-state index in [0.717, 1.165) is 0 Å². The van der Waals surface area contributed by atoms with Gasteiger partial charge in [0.1, 0.15) is 5.69 Å². The molecule has 1 heterocycles. The van der Waals surface area contributed by atoms with Crippen LogP contribution >= 0.6 is 0 Å². The first kappa shape index (κ1) is 13.8. The normalized spacial score (nSPS) is 12.1. The summed E-state index contributed by atoms with van der Waals surface area (Å²) < 4.78 is 0. The number of H-pyrrole nitrogens is 1. The lowest BCUT2D eigenvalue weighted by atomic mass is 10.1. The second-order valence-electron chi connectivity index (χ2n) is 4.15. The molecule has 0 aliphatic carbocycles. The molecule has 0 bridgehead atoms. The fraction of sp³-hybridized carbons (Fsp3) is 0.154. The standard InChI is InChI=1S/C13H12N2O5/c16-6-10(13(19)20)15-12(18)9-5-7-3-1-2-4-8(7)11(17)14-9/h1-5,10,16H,6H2,(H,14,17)(H,15,18)(H,19,20)/t10-/m1/s1. The van der Waals surface area contributed by atoms with Gasteiger partial charge in [0, 0.05) is 5.39 Å². The van der Waals surface area contributed by atoms with E-state index in [1.807, 2.05) is 0 Å². The number of hydrogen-bond acceptors (Lipinski definition) is 4. The molecule has 104 valence electrons. The van der Waals surface area contributed by atoms with Crippen molar-refractivity contribution < 1.29 is 19.8 Å². The van der Waals surface area contributed by atoms with E-state index < -0.39 is 30.1 Å². The molecule has 2 rings (SSSR count). The summed E-state index contributed by atoms with van der Waals surface area (Å²) in [6.07, 6.45) is 0. The number of carbonyl (C=O) groups excluding carboxylic acids is 1. The van der Waals surface area contributed by atoms with Crippen molar-refractivity contribution in [3.8, 4) is 0 Å². The number of carbonyl (C=O) groups is 2. The van der Waals surface area contributed by atoms with Gasteiger partial charge in [-0.05, 0) is 17.5 Å². The first-order chi connectivity index (χ1) is 9.52. The van der Waals surface area contributed by atoms with Crippen molar-refractivity contribution in [2.24, 2.45) is 0 Å². The number of fused-ring (bicyclic) bond motifs is 1. The van der Waals surface area contributed by atoms with Crippen molar-refractivity contribution in [1.82, 2.24) is 10.3 Å². The highest BCUT2D eigenvalue weighted by Crippen LogP contribution is 2.09. The molecule has 0 unspecified atom stereocenters. The zero-order valence-electron chi connectivity index (χ0n) is 10.3. The quantitative estimate of drug-likeness (QED) is 0.611. The predicted molar refractivity (Wildman–Crippen MR) is 70.5 cm³/mol. The molecular formula is C13H12N2O5. The van der Waals surface area contributed by atoms with Gasteiger partial charge in [-0.1, -0.05) is 18.2 Å². The lowest BCUT2D eigenvalue weighted by molar-refractivity contribution is -0.140. The number of nitrogens with one attached hydrogen (secondary N) is 2. The van der Waals surface area contributed by atoms with Crippen LogP contribution in [0.15, 0.2) is 35.1 Å². The minimum Gasteiger partial charge on any atom is -0.480 e. The summed E-state index contributed by atoms with van der Waals surface area (Å²) >= 11 is 0. The van der Waals surface area contributed by atoms with Gasteiger partial charge in [-0.15, -0.1) is 0 Å². The lowest BCUT2D eigenvalue weighted by Gasteiger charge is -2.11. The summed E-state index contributed by atoms with van der Waals surface area (Å²) in [6, 6.07) is 6.73. The minimum atomic E-state index is -1.42. The first-order valence-electron chi connectivity index (χ1n) is 5.79. The summed E-state index contributed by atoms with van der Waals surface area (Å²) in [4.78, 5) is 36.8. The average molecular weight is 276 g/mol. The van der Waals surface area contributed by atoms with Crippen molar-refractivity contribution in [3.05, 3.63) is 46.4 Å². The number of hydrogen-bond donors (Lipinski definition) is 4. The number of aliphatic hydroxyl groups excluding tert-OH is 1. The van der Waals surface area contributed by atoms with E-state index in [9.17, 15) is 14.4 Å². The van der Waals surface area contributed by atoms with Gasteiger partial charge in [0.15, 0.2) is 6.04 Å². The number of amides is 1. The zero-order chi connectivity index (χ0) is 14.7. The highest BCUT2D eigenvalue weighted by Gasteiger charge is 2.20. The number of pyridine rings is 1. The molecule has 0 saturated carbocycles. The summed E-state index contributed by atoms with van der Waals surface area (Å²) in [6.45, 7) is -0.737. The van der Waals surface area contributed by atoms with Crippen LogP contribution in [0.25, 0.3) is 10.8 Å². The molecule has 0 saturated heterocycles. The van der Waals surface area contributed by atoms with Crippen LogP contribution in [0.3, 0.4) is 0 Å². The predicted octanol–water partition coefficient (Wildman–Crippen LogP) is -0.297. The third-order valence-electron chi connectivity index (χ3n) is 2.78. The van der Waals surface area contributed by atoms with E-state index in [1.54, 1.807) is 24.3 Å². The molecule has 7 nitrogen and oxygen atoms in total. The molecule has 0 aliphatic heterocycles. The third-order valence-corrected chi connectivity index (χ3v) is 2.78. The maximum Gasteiger partial charge on any atom is 0.328 e. The fourth-order valence-electron chi connectivity index (χ4n) is 1.75. The molecule has 0 aliphatic rings. The molecular weight excluding hydrogens is 264 g/mol. The van der Waals surface area contributed by atoms with Crippen LogP contribution in [-0.2, 0) is 4.79 Å². The molecule has 0 spiro atoms. The Kier molecular flexibility index (Phi) is 3.81. The molecule has 1 amide bonds. The molecule has 0 radical (unpaired) electrons. The molecule has 7 heteroatoms. The monoisotopic (exact) mass is 276 g/mol. The van der Waals surface area contributed by atoms with Gasteiger partial charge in [0.25, 0.3) is 11.5 Å². The first-order valence-corrected chi connectivity index (χ1v) is 5.79. The molecule has 4 N–H and O–H groups in total. The Balaban J connectivity index is 2.36. The zero-order valence-corrected chi connectivity index (χ0v) is 10.3. The minimum absolute atomic E-state index is 0.0617. The van der Waals surface area contributed by atoms with Gasteiger partial charge in [-0.2, -0.15) is 0 Å². The number of aliphatic carboxylic acids is 1. The molecule has 1 atom stereocenters. The topological polar surface area (TPSA) is 119 Å². The maximum absolute atomic E-state index is 11.9. The third kappa shape index (κ3) is 2.67. The largest absolute Gasteiger partial charge is 0.480 e. The van der Waals surface area contributed by atoms with E-state index in [4.69, 9.17) is 10.2 Å². The number of carboxylic acid groups (broad SMARTS) is 1. The Morgan fingerprint density at radius 3 is 2.65 bits per heavy atom. The summed E-state index contributed by atoms with van der Waals surface area (Å²) in [5.41, 5.74) is -0.502. The molecule has 2 aromatic rings. The van der Waals surface area contributed by atoms with Crippen molar-refractivity contribution in [2.75, 3.05) is 6.61 Å². The van der Waals surface area contributed by atoms with Gasteiger partial charge >= 0.3 is 5.97 Å². The Bertz CT molecular complexity index is 722. The van der Waals surface area contributed by atoms with E-state index in [0.29, 0.717) is 10.8 Å². The second-order valence-corrected chi connectivity index (χ2v) is 4.15. The number of rotatable bonds is 4. The van der Waals surface area contributed by atoms with Crippen LogP contribution in [0.2, 0.25) is 0 Å². The van der Waals surface area contributed by atoms with Crippen molar-refractivity contribution >= 4 is 22.6 Å². The summed E-state index contributed by atoms with van der Waals surface area (Å²) in [5.74, 6) is -2.13. The molecule has 0 fully saturated rings. The van der Waals surface area contributed by atoms with Crippen LogP contribution in [0, 0.1) is 0 Å². The van der Waals surface area contributed by atoms with Crippen LogP contribution in [0.1, 0.15) is 10.5 Å². The molecule has 20 heavy (non-hydrogen) atoms. The highest BCUT2D eigenvalue weighted by molar-refractivity contribution is 5.98. The molecule has 1 aromatic carbocycles. The van der Waals surface area contributed by atoms with E-state index >= 15 is 0 Å². The van der Waals surface area contributed by atoms with Crippen LogP contribution < -0.4 is 10.9 Å². The van der Waals surface area contributed by atoms with E-state index in [1.165, 1.54) is 6.07 Å².